The van der Waals surface area contributed by atoms with Gasteiger partial charge >= 0.3 is 5.97 Å². The number of ketones is 2. The van der Waals surface area contributed by atoms with Gasteiger partial charge in [-0.1, -0.05) is 45.3 Å². The number of rotatable bonds is 12. The van der Waals surface area contributed by atoms with E-state index in [-0.39, 0.29) is 30.3 Å². The monoisotopic (exact) mass is 350 g/mol. The van der Waals surface area contributed by atoms with Gasteiger partial charge in [0, 0.05) is 23.5 Å². The molecule has 0 saturated carbocycles. The second kappa shape index (κ2) is 11.0. The third-order valence-electron chi connectivity index (χ3n) is 4.67. The fourth-order valence-corrected chi connectivity index (χ4v) is 3.15. The van der Waals surface area contributed by atoms with Gasteiger partial charge in [-0.15, -0.1) is 0 Å². The van der Waals surface area contributed by atoms with E-state index in [4.69, 9.17) is 5.11 Å². The fraction of sp³-hybridized carbons (Fsp3) is 0.650. The van der Waals surface area contributed by atoms with Gasteiger partial charge < -0.3 is 10.2 Å². The Labute approximate surface area is 149 Å². The number of allylic oxidation sites excluding steroid dienone is 3. The van der Waals surface area contributed by atoms with Crippen LogP contribution in [0.2, 0.25) is 0 Å². The molecule has 0 heterocycles. The van der Waals surface area contributed by atoms with Crippen molar-refractivity contribution in [2.75, 3.05) is 0 Å². The van der Waals surface area contributed by atoms with E-state index in [0.29, 0.717) is 36.8 Å². The van der Waals surface area contributed by atoms with Crippen molar-refractivity contribution in [2.45, 2.75) is 77.7 Å². The molecule has 0 aromatic carbocycles. The van der Waals surface area contributed by atoms with E-state index in [1.807, 2.05) is 19.1 Å². The largest absolute Gasteiger partial charge is 0.481 e. The summed E-state index contributed by atoms with van der Waals surface area (Å²) >= 11 is 0. The highest BCUT2D eigenvalue weighted by Gasteiger charge is 2.35. The van der Waals surface area contributed by atoms with Crippen molar-refractivity contribution in [1.82, 2.24) is 0 Å². The zero-order valence-corrected chi connectivity index (χ0v) is 15.3. The number of aliphatic hydroxyl groups is 1. The van der Waals surface area contributed by atoms with E-state index >= 15 is 0 Å². The van der Waals surface area contributed by atoms with E-state index in [1.165, 1.54) is 0 Å². The zero-order chi connectivity index (χ0) is 18.8. The Hall–Kier alpha value is -1.75. The van der Waals surface area contributed by atoms with Gasteiger partial charge in [0.15, 0.2) is 11.6 Å². The van der Waals surface area contributed by atoms with Gasteiger partial charge in [-0.3, -0.25) is 14.4 Å². The van der Waals surface area contributed by atoms with Crippen LogP contribution in [0.15, 0.2) is 23.3 Å². The number of carbonyl (C=O) groups is 3. The molecular weight excluding hydrogens is 320 g/mol. The quantitative estimate of drug-likeness (QED) is 0.319. The van der Waals surface area contributed by atoms with Gasteiger partial charge in [0.2, 0.25) is 0 Å². The lowest BCUT2D eigenvalue weighted by atomic mass is 9.88. The van der Waals surface area contributed by atoms with Crippen molar-refractivity contribution in [3.8, 4) is 0 Å². The molecule has 5 nitrogen and oxygen atoms in total. The molecule has 2 N–H and O–H groups in total. The normalized spacial score (nSPS) is 17.6. The van der Waals surface area contributed by atoms with Crippen LogP contribution in [-0.4, -0.2) is 33.9 Å². The maximum atomic E-state index is 12.2. The molecule has 0 radical (unpaired) electrons. The lowest BCUT2D eigenvalue weighted by Crippen LogP contribution is -2.22. The molecule has 0 aromatic rings. The first kappa shape index (κ1) is 21.3. The third-order valence-corrected chi connectivity index (χ3v) is 4.67. The maximum absolute atomic E-state index is 12.2. The molecule has 1 aliphatic carbocycles. The topological polar surface area (TPSA) is 91.7 Å². The highest BCUT2D eigenvalue weighted by atomic mass is 16.4. The van der Waals surface area contributed by atoms with Crippen LogP contribution in [0.25, 0.3) is 0 Å². The number of Topliss-reactive ketones (excluding diaryl/α,β-unsaturated/α-hetero) is 2. The van der Waals surface area contributed by atoms with Gasteiger partial charge in [0.05, 0.1) is 12.5 Å². The molecule has 2 atom stereocenters. The van der Waals surface area contributed by atoms with Gasteiger partial charge in [-0.25, -0.2) is 0 Å². The summed E-state index contributed by atoms with van der Waals surface area (Å²) in [7, 11) is 0. The third kappa shape index (κ3) is 6.94. The van der Waals surface area contributed by atoms with Crippen LogP contribution < -0.4 is 0 Å². The van der Waals surface area contributed by atoms with Crippen molar-refractivity contribution in [3.63, 3.8) is 0 Å². The lowest BCUT2D eigenvalue weighted by Gasteiger charge is -2.20. The summed E-state index contributed by atoms with van der Waals surface area (Å²) in [5.41, 5.74) is 1.01. The van der Waals surface area contributed by atoms with Crippen molar-refractivity contribution in [2.24, 2.45) is 5.92 Å². The van der Waals surface area contributed by atoms with E-state index in [2.05, 4.69) is 6.92 Å². The molecule has 0 saturated heterocycles. The lowest BCUT2D eigenvalue weighted by molar-refractivity contribution is -0.137. The van der Waals surface area contributed by atoms with Crippen molar-refractivity contribution >= 4 is 17.5 Å². The smallest absolute Gasteiger partial charge is 0.303 e. The molecular formula is C20H30O5. The van der Waals surface area contributed by atoms with Gasteiger partial charge in [0.25, 0.3) is 0 Å². The summed E-state index contributed by atoms with van der Waals surface area (Å²) in [5.74, 6) is -1.46. The van der Waals surface area contributed by atoms with Gasteiger partial charge in [0.1, 0.15) is 0 Å². The van der Waals surface area contributed by atoms with Crippen LogP contribution in [0.3, 0.4) is 0 Å². The first-order valence-electron chi connectivity index (χ1n) is 9.22. The minimum Gasteiger partial charge on any atom is -0.481 e. The zero-order valence-electron chi connectivity index (χ0n) is 15.3. The summed E-state index contributed by atoms with van der Waals surface area (Å²) in [6.07, 6.45) is 8.32. The highest BCUT2D eigenvalue weighted by Crippen LogP contribution is 2.31. The molecule has 0 fully saturated rings. The number of unbranched alkanes of at least 4 members (excludes halogenated alkanes) is 3. The molecule has 0 aliphatic heterocycles. The Kier molecular flexibility index (Phi) is 9.35. The van der Waals surface area contributed by atoms with E-state index in [1.54, 1.807) is 0 Å². The molecule has 0 spiro atoms. The summed E-state index contributed by atoms with van der Waals surface area (Å²) in [6, 6.07) is 0. The number of carboxylic acids is 1. The van der Waals surface area contributed by atoms with E-state index < -0.39 is 12.1 Å². The van der Waals surface area contributed by atoms with Crippen LogP contribution in [0.4, 0.5) is 0 Å². The molecule has 5 heteroatoms. The molecule has 0 amide bonds. The Morgan fingerprint density at radius 1 is 1.16 bits per heavy atom. The number of hydrogen-bond donors (Lipinski definition) is 2. The summed E-state index contributed by atoms with van der Waals surface area (Å²) < 4.78 is 0. The predicted molar refractivity (Wildman–Crippen MR) is 96.2 cm³/mol. The molecule has 0 bridgehead atoms. The second-order valence-electron chi connectivity index (χ2n) is 6.73. The second-order valence-corrected chi connectivity index (χ2v) is 6.73. The average molecular weight is 350 g/mol. The molecule has 2 unspecified atom stereocenters. The van der Waals surface area contributed by atoms with Crippen molar-refractivity contribution < 1.29 is 24.6 Å². The predicted octanol–water partition coefficient (Wildman–Crippen LogP) is 3.60. The highest BCUT2D eigenvalue weighted by molar-refractivity contribution is 6.22. The first-order chi connectivity index (χ1) is 11.9. The number of hydrogen-bond acceptors (Lipinski definition) is 4. The minimum absolute atomic E-state index is 0.0937. The molecule has 140 valence electrons. The molecule has 25 heavy (non-hydrogen) atoms. The van der Waals surface area contributed by atoms with Crippen LogP contribution in [0, 0.1) is 5.92 Å². The molecule has 0 aromatic heterocycles. The summed E-state index contributed by atoms with van der Waals surface area (Å²) in [5, 5.41) is 18.9. The summed E-state index contributed by atoms with van der Waals surface area (Å²) in [4.78, 5) is 34.8. The van der Waals surface area contributed by atoms with Crippen LogP contribution in [0.1, 0.15) is 71.6 Å². The standard InChI is InChI=1S/C20H30O5/c1-3-4-7-11-16(21)14(2)20-15(17(22)13-18(20)23)10-8-5-6-9-12-19(24)25/h5,8,14,16,21H,3-4,6-7,9-13H2,1-2H3,(H,24,25)/b8-5-. The van der Waals surface area contributed by atoms with Crippen molar-refractivity contribution in [1.29, 1.82) is 0 Å². The van der Waals surface area contributed by atoms with Crippen molar-refractivity contribution in [3.05, 3.63) is 23.3 Å². The Morgan fingerprint density at radius 3 is 2.52 bits per heavy atom. The number of aliphatic carboxylic acids is 1. The SMILES string of the molecule is CCCCCC(O)C(C)C1=C(C/C=C\CCCC(=O)O)C(=O)CC1=O. The Bertz CT molecular complexity index is 544. The molecule has 1 aliphatic rings. The molecule has 1 rings (SSSR count). The van der Waals surface area contributed by atoms with E-state index in [9.17, 15) is 19.5 Å². The van der Waals surface area contributed by atoms with Gasteiger partial charge in [-0.2, -0.15) is 0 Å². The van der Waals surface area contributed by atoms with Gasteiger partial charge in [-0.05, 0) is 25.7 Å². The van der Waals surface area contributed by atoms with Crippen LogP contribution in [-0.2, 0) is 14.4 Å². The van der Waals surface area contributed by atoms with Crippen LogP contribution >= 0.6 is 0 Å². The number of aliphatic hydroxyl groups excluding tert-OH is 1. The fourth-order valence-electron chi connectivity index (χ4n) is 3.15. The van der Waals surface area contributed by atoms with Crippen LogP contribution in [0.5, 0.6) is 0 Å². The Morgan fingerprint density at radius 2 is 1.88 bits per heavy atom. The number of carboxylic acid groups (broad SMARTS) is 1. The minimum atomic E-state index is -0.819. The Balaban J connectivity index is 2.70. The summed E-state index contributed by atoms with van der Waals surface area (Å²) in [6.45, 7) is 3.91. The van der Waals surface area contributed by atoms with E-state index in [0.717, 1.165) is 19.3 Å². The first-order valence-corrected chi connectivity index (χ1v) is 9.22. The average Bonchev–Trinajstić information content (AvgIpc) is 2.83. The number of carbonyl (C=O) groups excluding carboxylic acids is 2. The maximum Gasteiger partial charge on any atom is 0.303 e.